The fourth-order valence-corrected chi connectivity index (χ4v) is 2.86. The Bertz CT molecular complexity index is 295. The van der Waals surface area contributed by atoms with Crippen molar-refractivity contribution in [1.29, 1.82) is 0 Å². The van der Waals surface area contributed by atoms with Crippen molar-refractivity contribution in [3.63, 3.8) is 0 Å². The Morgan fingerprint density at radius 3 is 2.73 bits per heavy atom. The lowest BCUT2D eigenvalue weighted by Gasteiger charge is -2.21. The number of thioether (sulfide) groups is 1. The van der Waals surface area contributed by atoms with Crippen LogP contribution in [0.5, 0.6) is 0 Å². The molecule has 2 rings (SSSR count). The average molecular weight is 227 g/mol. The van der Waals surface area contributed by atoms with Gasteiger partial charge in [-0.3, -0.25) is 0 Å². The maximum atomic E-state index is 8.85. The summed E-state index contributed by atoms with van der Waals surface area (Å²) in [5.41, 5.74) is 0. The zero-order valence-corrected chi connectivity index (χ0v) is 9.55. The Morgan fingerprint density at radius 1 is 1.33 bits per heavy atom. The molecule has 0 atom stereocenters. The van der Waals surface area contributed by atoms with Crippen molar-refractivity contribution >= 4 is 11.8 Å². The molecule has 1 fully saturated rings. The molecule has 2 N–H and O–H groups in total. The van der Waals surface area contributed by atoms with Gasteiger partial charge in [0.2, 0.25) is 0 Å². The average Bonchev–Trinajstić information content (AvgIpc) is 2.76. The molecule has 1 aliphatic heterocycles. The molecule has 1 aromatic heterocycles. The highest BCUT2D eigenvalue weighted by atomic mass is 32.2. The molecule has 0 saturated carbocycles. The Kier molecular flexibility index (Phi) is 4.11. The molecule has 84 valence electrons. The topological polar surface area (TPSA) is 45.4 Å². The number of rotatable bonds is 4. The zero-order chi connectivity index (χ0) is 10.5. The van der Waals surface area contributed by atoms with Gasteiger partial charge < -0.3 is 14.8 Å². The molecule has 1 aromatic rings. The highest BCUT2D eigenvalue weighted by Crippen LogP contribution is 2.17. The van der Waals surface area contributed by atoms with E-state index in [9.17, 15) is 0 Å². The minimum absolute atomic E-state index is 0.0138. The smallest absolute Gasteiger partial charge is 0.129 e. The van der Waals surface area contributed by atoms with E-state index in [4.69, 9.17) is 9.52 Å². The largest absolute Gasteiger partial charge is 0.462 e. The van der Waals surface area contributed by atoms with E-state index in [1.807, 2.05) is 23.9 Å². The molecule has 15 heavy (non-hydrogen) atoms. The van der Waals surface area contributed by atoms with Gasteiger partial charge in [0, 0.05) is 6.04 Å². The predicted molar refractivity (Wildman–Crippen MR) is 61.8 cm³/mol. The van der Waals surface area contributed by atoms with Crippen LogP contribution in [0.1, 0.15) is 24.4 Å². The monoisotopic (exact) mass is 227 g/mol. The van der Waals surface area contributed by atoms with Crippen LogP contribution < -0.4 is 5.32 Å². The van der Waals surface area contributed by atoms with E-state index < -0.39 is 0 Å². The summed E-state index contributed by atoms with van der Waals surface area (Å²) >= 11 is 2.03. The van der Waals surface area contributed by atoms with Crippen LogP contribution in [-0.4, -0.2) is 22.7 Å². The van der Waals surface area contributed by atoms with Crippen LogP contribution in [0.4, 0.5) is 0 Å². The van der Waals surface area contributed by atoms with E-state index in [1.165, 1.54) is 24.3 Å². The summed E-state index contributed by atoms with van der Waals surface area (Å²) in [6, 6.07) is 4.39. The lowest BCUT2D eigenvalue weighted by Crippen LogP contribution is -2.31. The number of hydrogen-bond acceptors (Lipinski definition) is 4. The molecule has 0 aliphatic carbocycles. The molecular formula is C11H17NO2S. The summed E-state index contributed by atoms with van der Waals surface area (Å²) < 4.78 is 5.41. The van der Waals surface area contributed by atoms with E-state index in [-0.39, 0.29) is 6.61 Å². The first-order valence-corrected chi connectivity index (χ1v) is 6.53. The molecule has 0 amide bonds. The van der Waals surface area contributed by atoms with Gasteiger partial charge in [-0.15, -0.1) is 0 Å². The van der Waals surface area contributed by atoms with Crippen LogP contribution in [0.25, 0.3) is 0 Å². The molecule has 1 saturated heterocycles. The number of aliphatic hydroxyl groups excluding tert-OH is 1. The molecule has 2 heterocycles. The third-order valence-electron chi connectivity index (χ3n) is 2.66. The highest BCUT2D eigenvalue weighted by Gasteiger charge is 2.13. The summed E-state index contributed by atoms with van der Waals surface area (Å²) in [4.78, 5) is 0. The summed E-state index contributed by atoms with van der Waals surface area (Å²) in [6.45, 7) is 0.759. The second-order valence-corrected chi connectivity index (χ2v) is 5.02. The van der Waals surface area contributed by atoms with Crippen LogP contribution >= 0.6 is 11.8 Å². The first-order valence-electron chi connectivity index (χ1n) is 5.38. The van der Waals surface area contributed by atoms with E-state index >= 15 is 0 Å². The van der Waals surface area contributed by atoms with Gasteiger partial charge >= 0.3 is 0 Å². The van der Waals surface area contributed by atoms with Crippen LogP contribution in [0.3, 0.4) is 0 Å². The fraction of sp³-hybridized carbons (Fsp3) is 0.636. The molecule has 0 aromatic carbocycles. The van der Waals surface area contributed by atoms with Gasteiger partial charge in [0.1, 0.15) is 18.1 Å². The molecular weight excluding hydrogens is 210 g/mol. The van der Waals surface area contributed by atoms with Gasteiger partial charge in [0.15, 0.2) is 0 Å². The number of aliphatic hydroxyl groups is 1. The van der Waals surface area contributed by atoms with E-state index in [1.54, 1.807) is 0 Å². The summed E-state index contributed by atoms with van der Waals surface area (Å²) in [5.74, 6) is 4.08. The first kappa shape index (κ1) is 11.0. The van der Waals surface area contributed by atoms with Crippen LogP contribution in [0.2, 0.25) is 0 Å². The Hall–Kier alpha value is -0.450. The molecule has 3 nitrogen and oxygen atoms in total. The Morgan fingerprint density at radius 2 is 2.07 bits per heavy atom. The standard InChI is InChI=1S/C11H17NO2S/c13-8-11-2-1-10(14-11)7-12-9-3-5-15-6-4-9/h1-2,9,12-13H,3-8H2. The lowest BCUT2D eigenvalue weighted by molar-refractivity contribution is 0.242. The minimum Gasteiger partial charge on any atom is -0.462 e. The van der Waals surface area contributed by atoms with Crippen molar-refractivity contribution in [2.24, 2.45) is 0 Å². The van der Waals surface area contributed by atoms with Crippen LogP contribution in [0, 0.1) is 0 Å². The van der Waals surface area contributed by atoms with Crippen LogP contribution in [0.15, 0.2) is 16.5 Å². The van der Waals surface area contributed by atoms with Crippen molar-refractivity contribution in [1.82, 2.24) is 5.32 Å². The van der Waals surface area contributed by atoms with Gasteiger partial charge in [-0.1, -0.05) is 0 Å². The normalized spacial score (nSPS) is 18.2. The van der Waals surface area contributed by atoms with Gasteiger partial charge in [-0.2, -0.15) is 11.8 Å². The summed E-state index contributed by atoms with van der Waals surface area (Å²) in [6.07, 6.45) is 2.50. The van der Waals surface area contributed by atoms with Crippen LogP contribution in [-0.2, 0) is 13.2 Å². The number of hydrogen-bond donors (Lipinski definition) is 2. The quantitative estimate of drug-likeness (QED) is 0.822. The third-order valence-corrected chi connectivity index (χ3v) is 3.71. The van der Waals surface area contributed by atoms with E-state index in [0.29, 0.717) is 11.8 Å². The SMILES string of the molecule is OCc1ccc(CNC2CCSCC2)o1. The van der Waals surface area contributed by atoms with Crippen molar-refractivity contribution in [3.8, 4) is 0 Å². The molecule has 0 bridgehead atoms. The minimum atomic E-state index is -0.0138. The van der Waals surface area contributed by atoms with E-state index in [0.717, 1.165) is 12.3 Å². The maximum Gasteiger partial charge on any atom is 0.129 e. The lowest BCUT2D eigenvalue weighted by atomic mass is 10.1. The molecule has 1 aliphatic rings. The third kappa shape index (κ3) is 3.26. The second kappa shape index (κ2) is 5.58. The first-order chi connectivity index (χ1) is 7.38. The molecule has 0 radical (unpaired) electrons. The summed E-state index contributed by atoms with van der Waals surface area (Å²) in [7, 11) is 0. The fourth-order valence-electron chi connectivity index (χ4n) is 1.75. The van der Waals surface area contributed by atoms with Gasteiger partial charge in [0.05, 0.1) is 6.54 Å². The van der Waals surface area contributed by atoms with E-state index in [2.05, 4.69) is 5.32 Å². The second-order valence-electron chi connectivity index (χ2n) is 3.79. The van der Waals surface area contributed by atoms with Crippen molar-refractivity contribution in [3.05, 3.63) is 23.7 Å². The summed E-state index contributed by atoms with van der Waals surface area (Å²) in [5, 5.41) is 12.3. The predicted octanol–water partition coefficient (Wildman–Crippen LogP) is 1.76. The van der Waals surface area contributed by atoms with Gasteiger partial charge in [0.25, 0.3) is 0 Å². The van der Waals surface area contributed by atoms with Crippen molar-refractivity contribution < 1.29 is 9.52 Å². The van der Waals surface area contributed by atoms with Crippen molar-refractivity contribution in [2.45, 2.75) is 32.0 Å². The maximum absolute atomic E-state index is 8.85. The van der Waals surface area contributed by atoms with Crippen molar-refractivity contribution in [2.75, 3.05) is 11.5 Å². The molecule has 0 unspecified atom stereocenters. The molecule has 4 heteroatoms. The zero-order valence-electron chi connectivity index (χ0n) is 8.74. The van der Waals surface area contributed by atoms with Gasteiger partial charge in [-0.25, -0.2) is 0 Å². The number of nitrogens with one attached hydrogen (secondary N) is 1. The Labute approximate surface area is 94.2 Å². The molecule has 0 spiro atoms. The van der Waals surface area contributed by atoms with Gasteiger partial charge in [-0.05, 0) is 36.5 Å². The highest BCUT2D eigenvalue weighted by molar-refractivity contribution is 7.99. The number of furan rings is 1. The Balaban J connectivity index is 1.76.